The van der Waals surface area contributed by atoms with Crippen LogP contribution in [0.1, 0.15) is 25.5 Å². The average molecular weight is 272 g/mol. The zero-order chi connectivity index (χ0) is 14.5. The standard InChI is InChI=1S/C16H20N2O2/c1-11(17-9-10-18-12(2)19)14-8-7-13-5-3-4-6-15(13)16(14)20/h3-8,11,17,20H,9-10H2,1-2H3,(H,18,19). The van der Waals surface area contributed by atoms with Crippen LogP contribution in [0.3, 0.4) is 0 Å². The number of carbonyl (C=O) groups excluding carboxylic acids is 1. The van der Waals surface area contributed by atoms with Crippen LogP contribution in [0.15, 0.2) is 36.4 Å². The number of aromatic hydroxyl groups is 1. The van der Waals surface area contributed by atoms with Crippen LogP contribution in [0.25, 0.3) is 10.8 Å². The van der Waals surface area contributed by atoms with E-state index in [2.05, 4.69) is 10.6 Å². The van der Waals surface area contributed by atoms with E-state index in [0.29, 0.717) is 18.8 Å². The van der Waals surface area contributed by atoms with Gasteiger partial charge in [-0.1, -0.05) is 36.4 Å². The van der Waals surface area contributed by atoms with Crippen LogP contribution in [-0.2, 0) is 4.79 Å². The molecule has 106 valence electrons. The molecular formula is C16H20N2O2. The van der Waals surface area contributed by atoms with Crippen molar-refractivity contribution in [2.24, 2.45) is 0 Å². The van der Waals surface area contributed by atoms with Crippen LogP contribution < -0.4 is 10.6 Å². The number of carbonyl (C=O) groups is 1. The van der Waals surface area contributed by atoms with Crippen LogP contribution in [0.5, 0.6) is 5.75 Å². The number of hydrogen-bond acceptors (Lipinski definition) is 3. The van der Waals surface area contributed by atoms with Gasteiger partial charge in [-0.3, -0.25) is 4.79 Å². The lowest BCUT2D eigenvalue weighted by atomic mass is 10.0. The van der Waals surface area contributed by atoms with Gasteiger partial charge < -0.3 is 15.7 Å². The summed E-state index contributed by atoms with van der Waals surface area (Å²) >= 11 is 0. The fraction of sp³-hybridized carbons (Fsp3) is 0.312. The van der Waals surface area contributed by atoms with Gasteiger partial charge in [0.1, 0.15) is 5.75 Å². The first-order valence-corrected chi connectivity index (χ1v) is 6.78. The highest BCUT2D eigenvalue weighted by Gasteiger charge is 2.12. The Hall–Kier alpha value is -2.07. The van der Waals surface area contributed by atoms with Gasteiger partial charge in [-0.05, 0) is 12.3 Å². The summed E-state index contributed by atoms with van der Waals surface area (Å²) in [6.07, 6.45) is 0. The Kier molecular flexibility index (Phi) is 4.58. The van der Waals surface area contributed by atoms with E-state index < -0.39 is 0 Å². The van der Waals surface area contributed by atoms with Crippen molar-refractivity contribution < 1.29 is 9.90 Å². The number of amides is 1. The Balaban J connectivity index is 2.08. The molecule has 1 unspecified atom stereocenters. The summed E-state index contributed by atoms with van der Waals surface area (Å²) in [7, 11) is 0. The molecule has 20 heavy (non-hydrogen) atoms. The van der Waals surface area contributed by atoms with E-state index in [0.717, 1.165) is 16.3 Å². The van der Waals surface area contributed by atoms with Crippen LogP contribution in [0.2, 0.25) is 0 Å². The van der Waals surface area contributed by atoms with Crippen molar-refractivity contribution in [1.29, 1.82) is 0 Å². The first-order chi connectivity index (χ1) is 9.59. The quantitative estimate of drug-likeness (QED) is 0.732. The summed E-state index contributed by atoms with van der Waals surface area (Å²) < 4.78 is 0. The van der Waals surface area contributed by atoms with Crippen LogP contribution in [-0.4, -0.2) is 24.1 Å². The highest BCUT2D eigenvalue weighted by atomic mass is 16.3. The van der Waals surface area contributed by atoms with Crippen molar-refractivity contribution in [3.63, 3.8) is 0 Å². The summed E-state index contributed by atoms with van der Waals surface area (Å²) in [6.45, 7) is 4.73. The summed E-state index contributed by atoms with van der Waals surface area (Å²) in [5, 5.41) is 18.3. The van der Waals surface area contributed by atoms with E-state index in [4.69, 9.17) is 0 Å². The third kappa shape index (κ3) is 3.27. The van der Waals surface area contributed by atoms with Gasteiger partial charge in [0.15, 0.2) is 0 Å². The molecule has 0 saturated carbocycles. The number of fused-ring (bicyclic) bond motifs is 1. The molecule has 0 bridgehead atoms. The molecule has 0 saturated heterocycles. The predicted octanol–water partition coefficient (Wildman–Crippen LogP) is 2.33. The number of benzene rings is 2. The first-order valence-electron chi connectivity index (χ1n) is 6.78. The van der Waals surface area contributed by atoms with Crippen molar-refractivity contribution in [3.8, 4) is 5.75 Å². The molecule has 4 nitrogen and oxygen atoms in total. The number of nitrogens with one attached hydrogen (secondary N) is 2. The largest absolute Gasteiger partial charge is 0.507 e. The smallest absolute Gasteiger partial charge is 0.216 e. The second-order valence-corrected chi connectivity index (χ2v) is 4.88. The zero-order valence-electron chi connectivity index (χ0n) is 11.8. The van der Waals surface area contributed by atoms with Gasteiger partial charge in [-0.25, -0.2) is 0 Å². The van der Waals surface area contributed by atoms with Gasteiger partial charge in [-0.2, -0.15) is 0 Å². The fourth-order valence-corrected chi connectivity index (χ4v) is 2.26. The third-order valence-corrected chi connectivity index (χ3v) is 3.35. The van der Waals surface area contributed by atoms with E-state index in [-0.39, 0.29) is 11.9 Å². The lowest BCUT2D eigenvalue weighted by molar-refractivity contribution is -0.118. The van der Waals surface area contributed by atoms with Crippen molar-refractivity contribution in [2.45, 2.75) is 19.9 Å². The molecule has 0 fully saturated rings. The molecule has 4 heteroatoms. The Morgan fingerprint density at radius 2 is 1.95 bits per heavy atom. The molecule has 0 radical (unpaired) electrons. The van der Waals surface area contributed by atoms with Crippen LogP contribution >= 0.6 is 0 Å². The second-order valence-electron chi connectivity index (χ2n) is 4.88. The SMILES string of the molecule is CC(=O)NCCNC(C)c1ccc2ccccc2c1O. The number of hydrogen-bond donors (Lipinski definition) is 3. The summed E-state index contributed by atoms with van der Waals surface area (Å²) in [4.78, 5) is 10.8. The van der Waals surface area contributed by atoms with E-state index in [1.165, 1.54) is 6.92 Å². The molecule has 0 spiro atoms. The Bertz CT molecular complexity index is 610. The molecule has 2 aromatic rings. The van der Waals surface area contributed by atoms with Gasteiger partial charge in [0.25, 0.3) is 0 Å². The maximum absolute atomic E-state index is 10.8. The highest BCUT2D eigenvalue weighted by Crippen LogP contribution is 2.32. The fourth-order valence-electron chi connectivity index (χ4n) is 2.26. The summed E-state index contributed by atoms with van der Waals surface area (Å²) in [5.74, 6) is 0.288. The first kappa shape index (κ1) is 14.3. The van der Waals surface area contributed by atoms with Gasteiger partial charge in [0, 0.05) is 37.0 Å². The molecule has 3 N–H and O–H groups in total. The van der Waals surface area contributed by atoms with E-state index in [1.807, 2.05) is 43.3 Å². The lowest BCUT2D eigenvalue weighted by Gasteiger charge is -2.17. The zero-order valence-corrected chi connectivity index (χ0v) is 11.8. The molecule has 0 aliphatic heterocycles. The highest BCUT2D eigenvalue weighted by molar-refractivity contribution is 5.89. The number of phenols is 1. The van der Waals surface area contributed by atoms with Crippen molar-refractivity contribution in [2.75, 3.05) is 13.1 Å². The summed E-state index contributed by atoms with van der Waals surface area (Å²) in [5.41, 5.74) is 0.867. The van der Waals surface area contributed by atoms with E-state index in [1.54, 1.807) is 0 Å². The Labute approximate surface area is 118 Å². The molecule has 1 atom stereocenters. The van der Waals surface area contributed by atoms with Crippen LogP contribution in [0.4, 0.5) is 0 Å². The average Bonchev–Trinajstić information content (AvgIpc) is 2.44. The number of rotatable bonds is 5. The molecule has 0 heterocycles. The van der Waals surface area contributed by atoms with Gasteiger partial charge in [0.05, 0.1) is 0 Å². The number of phenolic OH excluding ortho intramolecular Hbond substituents is 1. The minimum atomic E-state index is -0.0343. The Morgan fingerprint density at radius 3 is 2.70 bits per heavy atom. The van der Waals surface area contributed by atoms with Crippen molar-refractivity contribution in [1.82, 2.24) is 10.6 Å². The molecule has 2 aromatic carbocycles. The van der Waals surface area contributed by atoms with Gasteiger partial charge in [0.2, 0.25) is 5.91 Å². The van der Waals surface area contributed by atoms with E-state index >= 15 is 0 Å². The monoisotopic (exact) mass is 272 g/mol. The minimum Gasteiger partial charge on any atom is -0.507 e. The van der Waals surface area contributed by atoms with Crippen molar-refractivity contribution >= 4 is 16.7 Å². The van der Waals surface area contributed by atoms with E-state index in [9.17, 15) is 9.90 Å². The third-order valence-electron chi connectivity index (χ3n) is 3.35. The predicted molar refractivity (Wildman–Crippen MR) is 80.7 cm³/mol. The molecular weight excluding hydrogens is 252 g/mol. The van der Waals surface area contributed by atoms with Gasteiger partial charge in [-0.15, -0.1) is 0 Å². The second kappa shape index (κ2) is 6.39. The molecule has 0 aliphatic carbocycles. The van der Waals surface area contributed by atoms with Gasteiger partial charge >= 0.3 is 0 Å². The molecule has 0 aliphatic rings. The maximum atomic E-state index is 10.8. The molecule has 2 rings (SSSR count). The normalized spacial score (nSPS) is 12.3. The topological polar surface area (TPSA) is 61.4 Å². The minimum absolute atomic E-state index is 0.0216. The maximum Gasteiger partial charge on any atom is 0.216 e. The summed E-state index contributed by atoms with van der Waals surface area (Å²) in [6, 6.07) is 11.7. The molecule has 1 amide bonds. The Morgan fingerprint density at radius 1 is 1.20 bits per heavy atom. The van der Waals surface area contributed by atoms with Crippen molar-refractivity contribution in [3.05, 3.63) is 42.0 Å². The lowest BCUT2D eigenvalue weighted by Crippen LogP contribution is -2.31. The molecule has 0 aromatic heterocycles. The van der Waals surface area contributed by atoms with Crippen LogP contribution in [0, 0.1) is 0 Å².